The molecule has 166 valence electrons. The minimum atomic E-state index is -0.478. The molecule has 31 heavy (non-hydrogen) atoms. The van der Waals surface area contributed by atoms with Crippen molar-refractivity contribution in [3.05, 3.63) is 56.9 Å². The molecule has 0 saturated carbocycles. The second kappa shape index (κ2) is 8.79. The van der Waals surface area contributed by atoms with E-state index in [-0.39, 0.29) is 34.1 Å². The fourth-order valence-electron chi connectivity index (χ4n) is 3.57. The van der Waals surface area contributed by atoms with Gasteiger partial charge in [0.15, 0.2) is 5.58 Å². The highest BCUT2D eigenvalue weighted by atomic mass is 16.5. The maximum absolute atomic E-state index is 13.4. The molecule has 0 saturated heterocycles. The van der Waals surface area contributed by atoms with Gasteiger partial charge in [0.05, 0.1) is 13.7 Å². The van der Waals surface area contributed by atoms with Gasteiger partial charge in [-0.15, -0.1) is 0 Å². The summed E-state index contributed by atoms with van der Waals surface area (Å²) in [6.07, 6.45) is 8.26. The number of benzene rings is 1. The van der Waals surface area contributed by atoms with Gasteiger partial charge in [-0.05, 0) is 46.6 Å². The number of hydrogen-bond acceptors (Lipinski definition) is 7. The molecule has 0 radical (unpaired) electrons. The number of hydrazine groups is 1. The Bertz CT molecular complexity index is 1150. The molecule has 0 amide bonds. The molecule has 0 aliphatic carbocycles. The van der Waals surface area contributed by atoms with Crippen molar-refractivity contribution in [3.8, 4) is 17.2 Å². The molecule has 2 N–H and O–H groups in total. The number of allylic oxidation sites excluding steroid dienone is 4. The lowest BCUT2D eigenvalue weighted by molar-refractivity contribution is 0.362. The van der Waals surface area contributed by atoms with Gasteiger partial charge in [-0.25, -0.2) is 5.01 Å². The van der Waals surface area contributed by atoms with Crippen molar-refractivity contribution in [2.45, 2.75) is 40.5 Å². The lowest BCUT2D eigenvalue weighted by Crippen LogP contribution is -2.33. The first-order chi connectivity index (χ1) is 14.7. The Kier molecular flexibility index (Phi) is 6.34. The fraction of sp³-hybridized carbons (Fsp3) is 0.375. The molecular formula is C24H30N2O5. The highest BCUT2D eigenvalue weighted by molar-refractivity contribution is 5.92. The van der Waals surface area contributed by atoms with Gasteiger partial charge < -0.3 is 19.4 Å². The Morgan fingerprint density at radius 3 is 2.23 bits per heavy atom. The van der Waals surface area contributed by atoms with Gasteiger partial charge in [0, 0.05) is 24.4 Å². The van der Waals surface area contributed by atoms with Gasteiger partial charge >= 0.3 is 0 Å². The van der Waals surface area contributed by atoms with Crippen molar-refractivity contribution in [1.29, 1.82) is 0 Å². The van der Waals surface area contributed by atoms with Crippen LogP contribution in [0.1, 0.15) is 38.8 Å². The van der Waals surface area contributed by atoms with Crippen molar-refractivity contribution >= 4 is 16.9 Å². The zero-order valence-electron chi connectivity index (χ0n) is 18.9. The highest BCUT2D eigenvalue weighted by Gasteiger charge is 2.29. The van der Waals surface area contributed by atoms with Gasteiger partial charge in [-0.2, -0.15) is 0 Å². The number of ether oxygens (including phenoxy) is 1. The number of phenols is 2. The van der Waals surface area contributed by atoms with Crippen LogP contribution in [0.15, 0.2) is 44.8 Å². The van der Waals surface area contributed by atoms with E-state index in [1.165, 1.54) is 7.11 Å². The van der Waals surface area contributed by atoms with Gasteiger partial charge in [0.2, 0.25) is 11.2 Å². The summed E-state index contributed by atoms with van der Waals surface area (Å²) in [4.78, 5) is 13.4. The zero-order valence-corrected chi connectivity index (χ0v) is 18.9. The summed E-state index contributed by atoms with van der Waals surface area (Å²) in [5.74, 6) is -0.114. The minimum Gasteiger partial charge on any atom is -0.507 e. The number of fused-ring (bicyclic) bond motifs is 1. The predicted molar refractivity (Wildman–Crippen MR) is 123 cm³/mol. The summed E-state index contributed by atoms with van der Waals surface area (Å²) in [7, 11) is 3.23. The van der Waals surface area contributed by atoms with Crippen molar-refractivity contribution < 1.29 is 19.4 Å². The second-order valence-electron chi connectivity index (χ2n) is 8.14. The number of anilines is 1. The maximum atomic E-state index is 13.4. The van der Waals surface area contributed by atoms with E-state index in [1.807, 2.05) is 59.2 Å². The van der Waals surface area contributed by atoms with Crippen LogP contribution in [-0.4, -0.2) is 35.9 Å². The van der Waals surface area contributed by atoms with E-state index in [0.29, 0.717) is 30.5 Å². The molecule has 0 bridgehead atoms. The first-order valence-electron chi connectivity index (χ1n) is 10.2. The Balaban J connectivity index is 2.40. The molecule has 0 fully saturated rings. The summed E-state index contributed by atoms with van der Waals surface area (Å²) < 4.78 is 11.6. The predicted octanol–water partition coefficient (Wildman–Crippen LogP) is 4.41. The molecule has 2 aromatic rings. The number of methoxy groups -OCH3 is 1. The van der Waals surface area contributed by atoms with Crippen molar-refractivity contribution in [3.63, 3.8) is 0 Å². The Morgan fingerprint density at radius 2 is 1.71 bits per heavy atom. The number of aromatic hydroxyl groups is 2. The number of nitrogens with zero attached hydrogens (tertiary/aromatic N) is 2. The summed E-state index contributed by atoms with van der Waals surface area (Å²) in [6, 6.07) is 0. The van der Waals surface area contributed by atoms with E-state index in [4.69, 9.17) is 9.15 Å². The first-order valence-corrected chi connectivity index (χ1v) is 10.2. The number of hydrogen-bond donors (Lipinski definition) is 2. The van der Waals surface area contributed by atoms with Crippen LogP contribution in [-0.2, 0) is 12.8 Å². The molecule has 0 unspecified atom stereocenters. The third-order valence-corrected chi connectivity index (χ3v) is 5.27. The average Bonchev–Trinajstić information content (AvgIpc) is 3.12. The van der Waals surface area contributed by atoms with Gasteiger partial charge in [-0.3, -0.25) is 9.80 Å². The smallest absolute Gasteiger partial charge is 0.262 e. The van der Waals surface area contributed by atoms with Crippen LogP contribution in [0.25, 0.3) is 11.0 Å². The largest absolute Gasteiger partial charge is 0.507 e. The van der Waals surface area contributed by atoms with Crippen molar-refractivity contribution in [1.82, 2.24) is 5.01 Å². The lowest BCUT2D eigenvalue weighted by Gasteiger charge is -2.27. The third-order valence-electron chi connectivity index (χ3n) is 5.27. The normalized spacial score (nSPS) is 13.1. The molecule has 1 aliphatic rings. The molecule has 2 heterocycles. The van der Waals surface area contributed by atoms with Crippen LogP contribution < -0.4 is 15.2 Å². The molecule has 7 heteroatoms. The van der Waals surface area contributed by atoms with Crippen LogP contribution in [0.3, 0.4) is 0 Å². The summed E-state index contributed by atoms with van der Waals surface area (Å²) in [5, 5.41) is 25.6. The number of phenolic OH excluding ortho intramolecular Hbond substituents is 2. The lowest BCUT2D eigenvalue weighted by atomic mass is 9.97. The van der Waals surface area contributed by atoms with Crippen LogP contribution in [0.4, 0.5) is 5.88 Å². The molecule has 1 aromatic heterocycles. The second-order valence-corrected chi connectivity index (χ2v) is 8.14. The Labute approximate surface area is 182 Å². The van der Waals surface area contributed by atoms with Crippen LogP contribution in [0, 0.1) is 0 Å². The van der Waals surface area contributed by atoms with Crippen molar-refractivity contribution in [2.75, 3.05) is 25.7 Å². The summed E-state index contributed by atoms with van der Waals surface area (Å²) in [5.41, 5.74) is 2.54. The standard InChI is InChI=1S/C24H30N2O5/c1-14(2)8-10-16-19(27)17(11-9-15(3)4)22-18(20(16)28)21(29)23(30-6)24(31-22)26-13-7-12-25(26)5/h7-9,12,27-28H,10-11,13H2,1-6H3. The van der Waals surface area contributed by atoms with Crippen LogP contribution in [0.2, 0.25) is 0 Å². The van der Waals surface area contributed by atoms with Gasteiger partial charge in [0.1, 0.15) is 16.9 Å². The summed E-state index contributed by atoms with van der Waals surface area (Å²) in [6.45, 7) is 8.28. The zero-order chi connectivity index (χ0) is 22.9. The van der Waals surface area contributed by atoms with E-state index >= 15 is 0 Å². The van der Waals surface area contributed by atoms with E-state index in [9.17, 15) is 15.0 Å². The van der Waals surface area contributed by atoms with Crippen LogP contribution >= 0.6 is 0 Å². The molecule has 7 nitrogen and oxygen atoms in total. The highest BCUT2D eigenvalue weighted by Crippen LogP contribution is 2.43. The number of rotatable bonds is 6. The average molecular weight is 427 g/mol. The van der Waals surface area contributed by atoms with E-state index in [1.54, 1.807) is 10.0 Å². The molecule has 3 rings (SSSR count). The first kappa shape index (κ1) is 22.3. The van der Waals surface area contributed by atoms with E-state index in [2.05, 4.69) is 0 Å². The van der Waals surface area contributed by atoms with E-state index in [0.717, 1.165) is 11.1 Å². The monoisotopic (exact) mass is 426 g/mol. The molecule has 1 aromatic carbocycles. The molecule has 0 spiro atoms. The molecule has 0 atom stereocenters. The topological polar surface area (TPSA) is 86.4 Å². The minimum absolute atomic E-state index is 0.00497. The van der Waals surface area contributed by atoms with Crippen LogP contribution in [0.5, 0.6) is 17.2 Å². The Morgan fingerprint density at radius 1 is 1.10 bits per heavy atom. The Hall–Kier alpha value is -3.35. The third kappa shape index (κ3) is 4.13. The van der Waals surface area contributed by atoms with E-state index < -0.39 is 5.43 Å². The van der Waals surface area contributed by atoms with Gasteiger partial charge in [-0.1, -0.05) is 23.3 Å². The van der Waals surface area contributed by atoms with Gasteiger partial charge in [0.25, 0.3) is 5.88 Å². The molecule has 1 aliphatic heterocycles. The summed E-state index contributed by atoms with van der Waals surface area (Å²) >= 11 is 0. The SMILES string of the molecule is COc1c(N2CC=CN2C)oc2c(CC=C(C)C)c(O)c(CC=C(C)C)c(O)c2c1=O. The molecular weight excluding hydrogens is 396 g/mol. The fourth-order valence-corrected chi connectivity index (χ4v) is 3.57. The maximum Gasteiger partial charge on any atom is 0.262 e. The van der Waals surface area contributed by atoms with Crippen molar-refractivity contribution in [2.24, 2.45) is 0 Å². The quantitative estimate of drug-likeness (QED) is 0.662.